The molecule has 0 aliphatic carbocycles. The second-order valence-corrected chi connectivity index (χ2v) is 4.90. The Balaban J connectivity index is 2.46. The summed E-state index contributed by atoms with van der Waals surface area (Å²) in [6.45, 7) is 4.54. The first-order valence-corrected chi connectivity index (χ1v) is 6.30. The van der Waals surface area contributed by atoms with Crippen molar-refractivity contribution in [2.24, 2.45) is 5.73 Å². The zero-order valence-corrected chi connectivity index (χ0v) is 11.1. The van der Waals surface area contributed by atoms with Crippen molar-refractivity contribution >= 4 is 11.7 Å². The molecule has 0 aromatic carbocycles. The Bertz CT molecular complexity index is 535. The van der Waals surface area contributed by atoms with E-state index in [1.807, 2.05) is 13.8 Å². The van der Waals surface area contributed by atoms with Gasteiger partial charge in [0.25, 0.3) is 5.91 Å². The minimum Gasteiger partial charge on any atom is -0.364 e. The zero-order valence-electron chi connectivity index (χ0n) is 11.1. The number of hydrogen-bond acceptors (Lipinski definition) is 4. The average molecular weight is 262 g/mol. The van der Waals surface area contributed by atoms with E-state index in [2.05, 4.69) is 10.3 Å². The average Bonchev–Trinajstić information content (AvgIpc) is 2.96. The van der Waals surface area contributed by atoms with Gasteiger partial charge in [0.15, 0.2) is 5.82 Å². The molecule has 1 aromatic rings. The number of carbonyl (C=O) groups is 2. The van der Waals surface area contributed by atoms with E-state index in [0.29, 0.717) is 0 Å². The lowest BCUT2D eigenvalue weighted by Crippen LogP contribution is -2.28. The van der Waals surface area contributed by atoms with Crippen LogP contribution in [0.1, 0.15) is 54.0 Å². The maximum absolute atomic E-state index is 12.1. The lowest BCUT2D eigenvalue weighted by atomic mass is 10.2. The topological polar surface area (TPSA) is 90.0 Å². The van der Waals surface area contributed by atoms with Gasteiger partial charge in [0, 0.05) is 0 Å². The first-order valence-electron chi connectivity index (χ1n) is 6.30. The Hall–Kier alpha value is -1.95. The van der Waals surface area contributed by atoms with Crippen LogP contribution in [-0.2, 0) is 0 Å². The van der Waals surface area contributed by atoms with E-state index in [1.54, 1.807) is 4.57 Å². The zero-order chi connectivity index (χ0) is 14.0. The molecule has 1 aliphatic heterocycles. The molecule has 1 atom stereocenters. The molecule has 102 valence electrons. The van der Waals surface area contributed by atoms with E-state index >= 15 is 0 Å². The highest BCUT2D eigenvalue weighted by atomic mass is 16.1. The second kappa shape index (κ2) is 5.36. The number of imidazole rings is 1. The van der Waals surface area contributed by atoms with Crippen LogP contribution in [0.4, 0.5) is 0 Å². The molecule has 0 saturated carbocycles. The normalized spacial score (nSPS) is 18.3. The van der Waals surface area contributed by atoms with Gasteiger partial charge in [0.05, 0.1) is 12.4 Å². The number of ketones is 1. The predicted octanol–water partition coefficient (Wildman–Crippen LogP) is 1.01. The number of aromatic nitrogens is 2. The molecule has 0 radical (unpaired) electrons. The third kappa shape index (κ3) is 2.73. The molecule has 3 N–H and O–H groups in total. The summed E-state index contributed by atoms with van der Waals surface area (Å²) in [6, 6.07) is 0. The quantitative estimate of drug-likeness (QED) is 0.626. The molecule has 19 heavy (non-hydrogen) atoms. The minimum absolute atomic E-state index is 0.0884. The third-order valence-electron chi connectivity index (χ3n) is 3.04. The van der Waals surface area contributed by atoms with Crippen molar-refractivity contribution in [3.05, 3.63) is 29.4 Å². The van der Waals surface area contributed by atoms with E-state index in [4.69, 9.17) is 5.73 Å². The van der Waals surface area contributed by atoms with Crippen LogP contribution in [0, 0.1) is 0 Å². The van der Waals surface area contributed by atoms with Crippen molar-refractivity contribution in [3.8, 4) is 0 Å². The summed E-state index contributed by atoms with van der Waals surface area (Å²) >= 11 is 0. The molecule has 1 unspecified atom stereocenters. The van der Waals surface area contributed by atoms with Crippen molar-refractivity contribution in [2.75, 3.05) is 6.54 Å². The fourth-order valence-electron chi connectivity index (χ4n) is 2.25. The molecule has 6 nitrogen and oxygen atoms in total. The first-order chi connectivity index (χ1) is 9.00. The van der Waals surface area contributed by atoms with E-state index < -0.39 is 5.91 Å². The molecule has 1 saturated heterocycles. The van der Waals surface area contributed by atoms with Crippen LogP contribution < -0.4 is 11.1 Å². The Morgan fingerprint density at radius 1 is 1.53 bits per heavy atom. The van der Waals surface area contributed by atoms with Gasteiger partial charge >= 0.3 is 0 Å². The monoisotopic (exact) mass is 262 g/mol. The van der Waals surface area contributed by atoms with E-state index in [9.17, 15) is 9.59 Å². The molecular weight excluding hydrogens is 244 g/mol. The summed E-state index contributed by atoms with van der Waals surface area (Å²) < 4.78 is 1.62. The molecule has 0 bridgehead atoms. The van der Waals surface area contributed by atoms with Crippen LogP contribution >= 0.6 is 0 Å². The number of nitrogens with one attached hydrogen (secondary N) is 1. The fraction of sp³-hybridized carbons (Fsp3) is 0.462. The lowest BCUT2D eigenvalue weighted by molar-refractivity contribution is 0.0987. The molecular formula is C13H18N4O2. The van der Waals surface area contributed by atoms with Crippen LogP contribution in [0.2, 0.25) is 0 Å². The fourth-order valence-corrected chi connectivity index (χ4v) is 2.25. The Kier molecular flexibility index (Phi) is 3.80. The first kappa shape index (κ1) is 13.5. The predicted molar refractivity (Wildman–Crippen MR) is 70.8 cm³/mol. The van der Waals surface area contributed by atoms with Gasteiger partial charge in [-0.2, -0.15) is 0 Å². The van der Waals surface area contributed by atoms with Gasteiger partial charge in [-0.15, -0.1) is 0 Å². The van der Waals surface area contributed by atoms with Gasteiger partial charge < -0.3 is 10.3 Å². The Morgan fingerprint density at radius 2 is 2.26 bits per heavy atom. The number of hydrogen-bond donors (Lipinski definition) is 2. The number of primary amides is 1. The highest BCUT2D eigenvalue weighted by Crippen LogP contribution is 2.21. The van der Waals surface area contributed by atoms with Gasteiger partial charge in [-0.3, -0.25) is 14.9 Å². The molecule has 1 aliphatic rings. The molecule has 2 rings (SSSR count). The van der Waals surface area contributed by atoms with E-state index in [-0.39, 0.29) is 23.5 Å². The van der Waals surface area contributed by atoms with Crippen LogP contribution in [0.3, 0.4) is 0 Å². The maximum Gasteiger partial charge on any atom is 0.267 e. The van der Waals surface area contributed by atoms with E-state index in [0.717, 1.165) is 25.0 Å². The number of nitrogens with two attached hydrogens (primary N) is 1. The summed E-state index contributed by atoms with van der Waals surface area (Å²) in [5, 5.41) is 3.25. The molecule has 0 spiro atoms. The molecule has 6 heteroatoms. The van der Waals surface area contributed by atoms with Crippen molar-refractivity contribution in [3.63, 3.8) is 0 Å². The Morgan fingerprint density at radius 3 is 2.79 bits per heavy atom. The largest absolute Gasteiger partial charge is 0.364 e. The van der Waals surface area contributed by atoms with Crippen LogP contribution in [0.15, 0.2) is 17.8 Å². The van der Waals surface area contributed by atoms with Crippen LogP contribution in [0.25, 0.3) is 0 Å². The number of amides is 1. The number of rotatable bonds is 4. The highest BCUT2D eigenvalue weighted by Gasteiger charge is 2.26. The minimum atomic E-state index is -0.572. The number of nitrogens with zero attached hydrogens (tertiary/aromatic N) is 2. The summed E-state index contributed by atoms with van der Waals surface area (Å²) in [6.07, 6.45) is 4.64. The molecule has 1 aromatic heterocycles. The molecule has 2 heterocycles. The van der Waals surface area contributed by atoms with Crippen molar-refractivity contribution in [1.82, 2.24) is 14.9 Å². The van der Waals surface area contributed by atoms with E-state index in [1.165, 1.54) is 12.3 Å². The van der Waals surface area contributed by atoms with Gasteiger partial charge in [0.2, 0.25) is 5.78 Å². The maximum atomic E-state index is 12.1. The summed E-state index contributed by atoms with van der Waals surface area (Å²) in [5.41, 5.74) is 6.50. The van der Waals surface area contributed by atoms with Gasteiger partial charge in [-0.05, 0) is 39.3 Å². The molecule has 1 amide bonds. The summed E-state index contributed by atoms with van der Waals surface area (Å²) in [4.78, 5) is 27.6. The van der Waals surface area contributed by atoms with Gasteiger partial charge in [-0.1, -0.05) is 5.57 Å². The van der Waals surface area contributed by atoms with Gasteiger partial charge in [-0.25, -0.2) is 4.98 Å². The third-order valence-corrected chi connectivity index (χ3v) is 3.04. The van der Waals surface area contributed by atoms with Crippen molar-refractivity contribution < 1.29 is 9.59 Å². The highest BCUT2D eigenvalue weighted by molar-refractivity contribution is 6.03. The van der Waals surface area contributed by atoms with Crippen molar-refractivity contribution in [1.29, 1.82) is 0 Å². The second-order valence-electron chi connectivity index (χ2n) is 4.90. The standard InChI is InChI=1S/C13H18N4O2/c1-8(2)6-10(18)13-16-7-9(12(14)19)17(13)11-4-3-5-15-11/h6-7,11,15H,3-5H2,1-2H3,(H2,14,19). The number of carbonyl (C=O) groups excluding carboxylic acids is 2. The Labute approximate surface area is 111 Å². The lowest BCUT2D eigenvalue weighted by Gasteiger charge is -2.16. The van der Waals surface area contributed by atoms with Crippen LogP contribution in [0.5, 0.6) is 0 Å². The van der Waals surface area contributed by atoms with Crippen LogP contribution in [-0.4, -0.2) is 27.8 Å². The smallest absolute Gasteiger partial charge is 0.267 e. The summed E-state index contributed by atoms with van der Waals surface area (Å²) in [7, 11) is 0. The molecule has 1 fully saturated rings. The number of allylic oxidation sites excluding steroid dienone is 2. The SMILES string of the molecule is CC(C)=CC(=O)c1ncc(C(N)=O)n1C1CCCN1. The van der Waals surface area contributed by atoms with Crippen molar-refractivity contribution in [2.45, 2.75) is 32.9 Å². The summed E-state index contributed by atoms with van der Waals surface area (Å²) in [5.74, 6) is -0.520. The van der Waals surface area contributed by atoms with Gasteiger partial charge in [0.1, 0.15) is 5.69 Å².